The molecule has 1 aromatic heterocycles. The van der Waals surface area contributed by atoms with Gasteiger partial charge in [-0.15, -0.1) is 0 Å². The lowest BCUT2D eigenvalue weighted by atomic mass is 10.00. The average Bonchev–Trinajstić information content (AvgIpc) is 3.35. The van der Waals surface area contributed by atoms with Crippen molar-refractivity contribution in [3.63, 3.8) is 0 Å². The zero-order chi connectivity index (χ0) is 21.5. The first kappa shape index (κ1) is 20.4. The number of methoxy groups -OCH3 is 1. The molecule has 0 aliphatic rings. The SMILES string of the molecule is COc1cccc(NC(=O)[C@@H]([NH2+][C@H](c2ccccc2)c2ccco2)c2ccccc2)c1. The Morgan fingerprint density at radius 2 is 1.58 bits per heavy atom. The highest BCUT2D eigenvalue weighted by atomic mass is 16.5. The van der Waals surface area contributed by atoms with Crippen molar-refractivity contribution < 1.29 is 19.3 Å². The monoisotopic (exact) mass is 413 g/mol. The van der Waals surface area contributed by atoms with Gasteiger partial charge in [-0.25, -0.2) is 0 Å². The van der Waals surface area contributed by atoms with Crippen LogP contribution in [-0.2, 0) is 4.79 Å². The molecule has 0 fully saturated rings. The number of nitrogens with two attached hydrogens (primary N) is 1. The van der Waals surface area contributed by atoms with Crippen LogP contribution in [0.15, 0.2) is 108 Å². The molecule has 0 radical (unpaired) electrons. The summed E-state index contributed by atoms with van der Waals surface area (Å²) in [5.74, 6) is 1.36. The van der Waals surface area contributed by atoms with Crippen LogP contribution in [-0.4, -0.2) is 13.0 Å². The van der Waals surface area contributed by atoms with Gasteiger partial charge in [-0.1, -0.05) is 66.7 Å². The van der Waals surface area contributed by atoms with E-state index < -0.39 is 6.04 Å². The van der Waals surface area contributed by atoms with E-state index >= 15 is 0 Å². The molecule has 0 aliphatic carbocycles. The first-order valence-electron chi connectivity index (χ1n) is 10.2. The van der Waals surface area contributed by atoms with E-state index in [0.717, 1.165) is 16.9 Å². The first-order chi connectivity index (χ1) is 15.2. The summed E-state index contributed by atoms with van der Waals surface area (Å²) in [6, 6.07) is 30.3. The van der Waals surface area contributed by atoms with Crippen LogP contribution < -0.4 is 15.4 Å². The van der Waals surface area contributed by atoms with Gasteiger partial charge in [0.1, 0.15) is 5.75 Å². The maximum Gasteiger partial charge on any atom is 0.287 e. The number of anilines is 1. The number of rotatable bonds is 8. The fourth-order valence-electron chi connectivity index (χ4n) is 3.62. The van der Waals surface area contributed by atoms with Crippen molar-refractivity contribution >= 4 is 11.6 Å². The third kappa shape index (κ3) is 5.02. The molecule has 0 bridgehead atoms. The summed E-state index contributed by atoms with van der Waals surface area (Å²) in [6.45, 7) is 0. The molecule has 0 spiro atoms. The van der Waals surface area contributed by atoms with Crippen LogP contribution in [0.25, 0.3) is 0 Å². The Labute approximate surface area is 181 Å². The topological polar surface area (TPSA) is 68.1 Å². The van der Waals surface area contributed by atoms with Crippen LogP contribution in [0, 0.1) is 0 Å². The van der Waals surface area contributed by atoms with Crippen molar-refractivity contribution in [2.24, 2.45) is 0 Å². The van der Waals surface area contributed by atoms with Crippen LogP contribution in [0.1, 0.15) is 29.0 Å². The number of quaternary nitrogens is 1. The van der Waals surface area contributed by atoms with Crippen molar-refractivity contribution in [3.05, 3.63) is 120 Å². The van der Waals surface area contributed by atoms with Crippen molar-refractivity contribution in [1.29, 1.82) is 0 Å². The molecule has 0 unspecified atom stereocenters. The van der Waals surface area contributed by atoms with E-state index in [4.69, 9.17) is 9.15 Å². The number of benzene rings is 3. The van der Waals surface area contributed by atoms with E-state index in [1.165, 1.54) is 0 Å². The van der Waals surface area contributed by atoms with E-state index in [1.54, 1.807) is 19.4 Å². The lowest BCUT2D eigenvalue weighted by molar-refractivity contribution is -0.715. The number of hydrogen-bond donors (Lipinski definition) is 2. The summed E-state index contributed by atoms with van der Waals surface area (Å²) in [7, 11) is 1.61. The molecule has 156 valence electrons. The number of ether oxygens (including phenoxy) is 1. The predicted octanol–water partition coefficient (Wildman–Crippen LogP) is 4.32. The second-order valence-corrected chi connectivity index (χ2v) is 7.21. The van der Waals surface area contributed by atoms with Crippen molar-refractivity contribution in [2.75, 3.05) is 12.4 Å². The Balaban J connectivity index is 1.66. The number of nitrogens with one attached hydrogen (secondary N) is 1. The number of carbonyl (C=O) groups is 1. The molecular weight excluding hydrogens is 388 g/mol. The van der Waals surface area contributed by atoms with Crippen molar-refractivity contribution in [3.8, 4) is 5.75 Å². The maximum atomic E-state index is 13.4. The summed E-state index contributed by atoms with van der Waals surface area (Å²) in [5.41, 5.74) is 2.66. The number of amides is 1. The fraction of sp³-hybridized carbons (Fsp3) is 0.115. The summed E-state index contributed by atoms with van der Waals surface area (Å²) in [4.78, 5) is 13.4. The van der Waals surface area contributed by atoms with Gasteiger partial charge in [0.15, 0.2) is 17.8 Å². The molecule has 0 aliphatic heterocycles. The largest absolute Gasteiger partial charge is 0.497 e. The standard InChI is InChI=1S/C26H24N2O3/c1-30-22-15-8-14-21(18-22)27-26(29)25(20-12-6-3-7-13-20)28-24(23-16-9-17-31-23)19-10-4-2-5-11-19/h2-18,24-25,28H,1H3,(H,27,29)/p+1/t24-,25+/m1/s1. The summed E-state index contributed by atoms with van der Waals surface area (Å²) < 4.78 is 11.0. The van der Waals surface area contributed by atoms with Crippen molar-refractivity contribution in [2.45, 2.75) is 12.1 Å². The fourth-order valence-corrected chi connectivity index (χ4v) is 3.62. The molecule has 1 heterocycles. The highest BCUT2D eigenvalue weighted by Gasteiger charge is 2.31. The summed E-state index contributed by atoms with van der Waals surface area (Å²) in [5, 5.41) is 5.08. The Morgan fingerprint density at radius 1 is 0.871 bits per heavy atom. The van der Waals surface area contributed by atoms with E-state index in [-0.39, 0.29) is 11.9 Å². The van der Waals surface area contributed by atoms with Gasteiger partial charge in [0.2, 0.25) is 0 Å². The minimum Gasteiger partial charge on any atom is -0.497 e. The molecule has 4 aromatic rings. The quantitative estimate of drug-likeness (QED) is 0.452. The van der Waals surface area contributed by atoms with Gasteiger partial charge in [0.05, 0.1) is 13.4 Å². The minimum absolute atomic E-state index is 0.119. The highest BCUT2D eigenvalue weighted by molar-refractivity contribution is 5.94. The zero-order valence-electron chi connectivity index (χ0n) is 17.3. The Kier molecular flexibility index (Phi) is 6.45. The molecule has 2 atom stereocenters. The molecule has 5 heteroatoms. The minimum atomic E-state index is -0.484. The Bertz CT molecular complexity index is 1100. The van der Waals surface area contributed by atoms with Gasteiger partial charge in [0, 0.05) is 22.9 Å². The molecule has 3 N–H and O–H groups in total. The smallest absolute Gasteiger partial charge is 0.287 e. The van der Waals surface area contributed by atoms with Crippen LogP contribution in [0.5, 0.6) is 5.75 Å². The maximum absolute atomic E-state index is 13.4. The Hall–Kier alpha value is -3.83. The van der Waals surface area contributed by atoms with Crippen LogP contribution >= 0.6 is 0 Å². The molecule has 3 aromatic carbocycles. The van der Waals surface area contributed by atoms with E-state index in [1.807, 2.05) is 96.3 Å². The zero-order valence-corrected chi connectivity index (χ0v) is 17.3. The van der Waals surface area contributed by atoms with E-state index in [2.05, 4.69) is 5.32 Å². The van der Waals surface area contributed by atoms with Crippen LogP contribution in [0.4, 0.5) is 5.69 Å². The van der Waals surface area contributed by atoms with Crippen molar-refractivity contribution in [1.82, 2.24) is 0 Å². The van der Waals surface area contributed by atoms with Gasteiger partial charge in [-0.05, 0) is 24.3 Å². The molecule has 1 amide bonds. The van der Waals surface area contributed by atoms with Gasteiger partial charge < -0.3 is 19.8 Å². The van der Waals surface area contributed by atoms with E-state index in [9.17, 15) is 4.79 Å². The molecule has 5 nitrogen and oxygen atoms in total. The third-order valence-corrected chi connectivity index (χ3v) is 5.17. The highest BCUT2D eigenvalue weighted by Crippen LogP contribution is 2.22. The summed E-state index contributed by atoms with van der Waals surface area (Å²) in [6.07, 6.45) is 1.66. The van der Waals surface area contributed by atoms with Gasteiger partial charge in [-0.2, -0.15) is 0 Å². The predicted molar refractivity (Wildman–Crippen MR) is 120 cm³/mol. The lowest BCUT2D eigenvalue weighted by Gasteiger charge is -2.22. The molecule has 0 saturated heterocycles. The average molecular weight is 413 g/mol. The van der Waals surface area contributed by atoms with Crippen LogP contribution in [0.2, 0.25) is 0 Å². The summed E-state index contributed by atoms with van der Waals surface area (Å²) >= 11 is 0. The number of furan rings is 1. The lowest BCUT2D eigenvalue weighted by Crippen LogP contribution is -2.88. The van der Waals surface area contributed by atoms with Gasteiger partial charge in [0.25, 0.3) is 5.91 Å². The second-order valence-electron chi connectivity index (χ2n) is 7.21. The van der Waals surface area contributed by atoms with Gasteiger partial charge in [-0.3, -0.25) is 4.79 Å². The second kappa shape index (κ2) is 9.78. The van der Waals surface area contributed by atoms with Crippen LogP contribution in [0.3, 0.4) is 0 Å². The number of carbonyl (C=O) groups excluding carboxylic acids is 1. The van der Waals surface area contributed by atoms with E-state index in [0.29, 0.717) is 11.4 Å². The first-order valence-corrected chi connectivity index (χ1v) is 10.2. The number of hydrogen-bond acceptors (Lipinski definition) is 3. The van der Waals surface area contributed by atoms with Gasteiger partial charge >= 0.3 is 0 Å². The molecular formula is C26H25N2O3+. The molecule has 4 rings (SSSR count). The Morgan fingerprint density at radius 3 is 2.23 bits per heavy atom. The third-order valence-electron chi connectivity index (χ3n) is 5.17. The molecule has 31 heavy (non-hydrogen) atoms. The normalized spacial score (nSPS) is 12.7. The molecule has 0 saturated carbocycles.